The lowest BCUT2D eigenvalue weighted by atomic mass is 10.2. The second-order valence-electron chi connectivity index (χ2n) is 3.02. The van der Waals surface area contributed by atoms with Gasteiger partial charge in [-0.1, -0.05) is 0 Å². The number of hydrogen-bond donors (Lipinski definition) is 3. The molecule has 0 radical (unpaired) electrons. The molecule has 0 aliphatic rings. The van der Waals surface area contributed by atoms with Crippen LogP contribution in [0.5, 0.6) is 0 Å². The van der Waals surface area contributed by atoms with Gasteiger partial charge in [-0.25, -0.2) is 0 Å². The number of nitrogens with two attached hydrogens (primary N) is 1. The van der Waals surface area contributed by atoms with E-state index in [2.05, 4.69) is 15.5 Å². The summed E-state index contributed by atoms with van der Waals surface area (Å²) in [6, 6.07) is -0.0122. The highest BCUT2D eigenvalue weighted by molar-refractivity contribution is 5.95. The molecule has 4 N–H and O–H groups in total. The van der Waals surface area contributed by atoms with Crippen LogP contribution in [0.4, 0.5) is 0 Å². The Labute approximate surface area is 76.7 Å². The van der Waals surface area contributed by atoms with Gasteiger partial charge in [0.15, 0.2) is 0 Å². The van der Waals surface area contributed by atoms with Crippen molar-refractivity contribution >= 4 is 5.91 Å². The molecule has 1 heterocycles. The Balaban J connectivity index is 2.64. The summed E-state index contributed by atoms with van der Waals surface area (Å²) < 4.78 is 0. The molecule has 1 atom stereocenters. The average molecular weight is 182 g/mol. The van der Waals surface area contributed by atoms with Crippen molar-refractivity contribution in [3.05, 3.63) is 17.5 Å². The molecule has 1 aromatic heterocycles. The van der Waals surface area contributed by atoms with Gasteiger partial charge < -0.3 is 11.1 Å². The molecule has 72 valence electrons. The Kier molecular flexibility index (Phi) is 3.02. The molecule has 1 rings (SSSR count). The van der Waals surface area contributed by atoms with Gasteiger partial charge in [-0.3, -0.25) is 9.89 Å². The Morgan fingerprint density at radius 3 is 3.00 bits per heavy atom. The fourth-order valence-corrected chi connectivity index (χ4v) is 0.940. The summed E-state index contributed by atoms with van der Waals surface area (Å²) in [5, 5.41) is 9.21. The molecule has 0 aliphatic heterocycles. The van der Waals surface area contributed by atoms with Crippen molar-refractivity contribution in [1.82, 2.24) is 15.5 Å². The number of aromatic amines is 1. The smallest absolute Gasteiger partial charge is 0.254 e. The van der Waals surface area contributed by atoms with E-state index in [-0.39, 0.29) is 11.9 Å². The topological polar surface area (TPSA) is 83.8 Å². The number of carbonyl (C=O) groups excluding carboxylic acids is 1. The largest absolute Gasteiger partial charge is 0.348 e. The summed E-state index contributed by atoms with van der Waals surface area (Å²) in [6.45, 7) is 4.09. The third kappa shape index (κ3) is 2.29. The number of amides is 1. The molecule has 0 bridgehead atoms. The highest BCUT2D eigenvalue weighted by Gasteiger charge is 2.11. The zero-order valence-corrected chi connectivity index (χ0v) is 7.79. The molecule has 5 nitrogen and oxygen atoms in total. The summed E-state index contributed by atoms with van der Waals surface area (Å²) in [7, 11) is 0. The molecular formula is C8H14N4O. The van der Waals surface area contributed by atoms with Crippen LogP contribution in [0.1, 0.15) is 23.0 Å². The number of rotatable bonds is 3. The van der Waals surface area contributed by atoms with Crippen LogP contribution >= 0.6 is 0 Å². The Morgan fingerprint density at radius 1 is 1.85 bits per heavy atom. The molecule has 1 unspecified atom stereocenters. The van der Waals surface area contributed by atoms with Gasteiger partial charge in [0, 0.05) is 18.3 Å². The second kappa shape index (κ2) is 4.04. The second-order valence-corrected chi connectivity index (χ2v) is 3.02. The van der Waals surface area contributed by atoms with Crippen LogP contribution < -0.4 is 11.1 Å². The Morgan fingerprint density at radius 2 is 2.54 bits per heavy atom. The normalized spacial score (nSPS) is 12.5. The molecule has 0 aromatic carbocycles. The number of aromatic nitrogens is 2. The van der Waals surface area contributed by atoms with Crippen molar-refractivity contribution in [2.45, 2.75) is 19.9 Å². The monoisotopic (exact) mass is 182 g/mol. The van der Waals surface area contributed by atoms with E-state index in [0.29, 0.717) is 12.1 Å². The molecule has 1 aromatic rings. The lowest BCUT2D eigenvalue weighted by Crippen LogP contribution is -2.37. The van der Waals surface area contributed by atoms with E-state index in [9.17, 15) is 4.79 Å². The lowest BCUT2D eigenvalue weighted by Gasteiger charge is -2.10. The highest BCUT2D eigenvalue weighted by Crippen LogP contribution is 2.01. The van der Waals surface area contributed by atoms with Crippen molar-refractivity contribution in [2.24, 2.45) is 5.73 Å². The quantitative estimate of drug-likeness (QED) is 0.605. The summed E-state index contributed by atoms with van der Waals surface area (Å²) in [5.74, 6) is -0.135. The zero-order valence-electron chi connectivity index (χ0n) is 7.79. The number of nitrogens with one attached hydrogen (secondary N) is 2. The minimum absolute atomic E-state index is 0.0122. The van der Waals surface area contributed by atoms with E-state index in [1.807, 2.05) is 6.92 Å². The van der Waals surface area contributed by atoms with E-state index >= 15 is 0 Å². The molecule has 0 fully saturated rings. The zero-order chi connectivity index (χ0) is 9.84. The maximum absolute atomic E-state index is 11.5. The first kappa shape index (κ1) is 9.73. The van der Waals surface area contributed by atoms with E-state index in [0.717, 1.165) is 5.69 Å². The van der Waals surface area contributed by atoms with Crippen molar-refractivity contribution in [3.8, 4) is 0 Å². The maximum atomic E-state index is 11.5. The number of aryl methyl sites for hydroxylation is 1. The van der Waals surface area contributed by atoms with Crippen LogP contribution in [0.15, 0.2) is 6.20 Å². The van der Waals surface area contributed by atoms with Gasteiger partial charge in [0.1, 0.15) is 0 Å². The summed E-state index contributed by atoms with van der Waals surface area (Å²) in [5.41, 5.74) is 6.71. The molecule has 1 amide bonds. The Bertz CT molecular complexity index is 294. The average Bonchev–Trinajstić information content (AvgIpc) is 2.51. The molecule has 0 aliphatic carbocycles. The first-order chi connectivity index (χ1) is 6.15. The molecular weight excluding hydrogens is 168 g/mol. The van der Waals surface area contributed by atoms with Crippen LogP contribution in [0.2, 0.25) is 0 Å². The van der Waals surface area contributed by atoms with Crippen molar-refractivity contribution in [1.29, 1.82) is 0 Å². The standard InChI is InChI=1S/C8H14N4O/c1-5(3-9)11-8(13)7-4-10-12-6(7)2/h4-5H,3,9H2,1-2H3,(H,10,12)(H,11,13). The molecule has 5 heteroatoms. The van der Waals surface area contributed by atoms with Crippen LogP contribution in [-0.4, -0.2) is 28.7 Å². The minimum atomic E-state index is -0.135. The first-order valence-electron chi connectivity index (χ1n) is 4.16. The summed E-state index contributed by atoms with van der Waals surface area (Å²) >= 11 is 0. The third-order valence-corrected chi connectivity index (χ3v) is 1.81. The Hall–Kier alpha value is -1.36. The molecule has 0 saturated carbocycles. The van der Waals surface area contributed by atoms with Crippen LogP contribution in [-0.2, 0) is 0 Å². The lowest BCUT2D eigenvalue weighted by molar-refractivity contribution is 0.0941. The van der Waals surface area contributed by atoms with Crippen molar-refractivity contribution < 1.29 is 4.79 Å². The third-order valence-electron chi connectivity index (χ3n) is 1.81. The van der Waals surface area contributed by atoms with Crippen molar-refractivity contribution in [2.75, 3.05) is 6.54 Å². The van der Waals surface area contributed by atoms with Gasteiger partial charge in [0.2, 0.25) is 0 Å². The van der Waals surface area contributed by atoms with Gasteiger partial charge in [0.25, 0.3) is 5.91 Å². The summed E-state index contributed by atoms with van der Waals surface area (Å²) in [4.78, 5) is 11.5. The number of hydrogen-bond acceptors (Lipinski definition) is 3. The van der Waals surface area contributed by atoms with Gasteiger partial charge >= 0.3 is 0 Å². The predicted molar refractivity (Wildman–Crippen MR) is 49.3 cm³/mol. The van der Waals surface area contributed by atoms with Crippen LogP contribution in [0.3, 0.4) is 0 Å². The van der Waals surface area contributed by atoms with E-state index in [4.69, 9.17) is 5.73 Å². The maximum Gasteiger partial charge on any atom is 0.254 e. The molecule has 13 heavy (non-hydrogen) atoms. The van der Waals surface area contributed by atoms with Gasteiger partial charge in [0.05, 0.1) is 11.8 Å². The van der Waals surface area contributed by atoms with Crippen LogP contribution in [0, 0.1) is 6.92 Å². The fourth-order valence-electron chi connectivity index (χ4n) is 0.940. The predicted octanol–water partition coefficient (Wildman–Crippen LogP) is -0.205. The number of nitrogens with zero attached hydrogens (tertiary/aromatic N) is 1. The van der Waals surface area contributed by atoms with Gasteiger partial charge in [-0.2, -0.15) is 5.10 Å². The first-order valence-corrected chi connectivity index (χ1v) is 4.16. The van der Waals surface area contributed by atoms with E-state index in [1.54, 1.807) is 6.92 Å². The van der Waals surface area contributed by atoms with E-state index in [1.165, 1.54) is 6.20 Å². The van der Waals surface area contributed by atoms with Crippen LogP contribution in [0.25, 0.3) is 0 Å². The molecule has 0 saturated heterocycles. The van der Waals surface area contributed by atoms with Gasteiger partial charge in [-0.05, 0) is 13.8 Å². The molecule has 0 spiro atoms. The SMILES string of the molecule is Cc1[nH]ncc1C(=O)NC(C)CN. The fraction of sp³-hybridized carbons (Fsp3) is 0.500. The van der Waals surface area contributed by atoms with E-state index < -0.39 is 0 Å². The van der Waals surface area contributed by atoms with Gasteiger partial charge in [-0.15, -0.1) is 0 Å². The van der Waals surface area contributed by atoms with Crippen molar-refractivity contribution in [3.63, 3.8) is 0 Å². The highest BCUT2D eigenvalue weighted by atomic mass is 16.1. The summed E-state index contributed by atoms with van der Waals surface area (Å²) in [6.07, 6.45) is 1.51. The number of carbonyl (C=O) groups is 1. The minimum Gasteiger partial charge on any atom is -0.348 e. The number of H-pyrrole nitrogens is 1.